The molecule has 1 atom stereocenters. The van der Waals surface area contributed by atoms with Gasteiger partial charge < -0.3 is 15.4 Å². The van der Waals surface area contributed by atoms with E-state index in [1.54, 1.807) is 6.07 Å². The number of carbonyl (C=O) groups is 3. The standard InChI is InChI=1S/C18H17N3O4/c1-25-18(24)17(23)21-15(16(22)20-9-8-19)11-12-6-7-13-4-2-3-5-14(13)10-12/h2-7,10,15H,9,11H2,1H3,(H,20,22)(H,21,23)/t15-/m0/s1. The maximum absolute atomic E-state index is 12.2. The van der Waals surface area contributed by atoms with Crippen molar-refractivity contribution in [1.82, 2.24) is 10.6 Å². The highest BCUT2D eigenvalue weighted by Gasteiger charge is 2.24. The largest absolute Gasteiger partial charge is 0.462 e. The normalized spacial score (nSPS) is 11.2. The summed E-state index contributed by atoms with van der Waals surface area (Å²) in [7, 11) is 1.08. The fourth-order valence-electron chi connectivity index (χ4n) is 2.37. The molecule has 0 aliphatic rings. The summed E-state index contributed by atoms with van der Waals surface area (Å²) in [5, 5.41) is 15.4. The zero-order valence-corrected chi connectivity index (χ0v) is 13.6. The van der Waals surface area contributed by atoms with Crippen molar-refractivity contribution < 1.29 is 19.1 Å². The van der Waals surface area contributed by atoms with Gasteiger partial charge >= 0.3 is 11.9 Å². The van der Waals surface area contributed by atoms with Gasteiger partial charge in [0.2, 0.25) is 5.91 Å². The molecule has 0 aliphatic heterocycles. The molecular weight excluding hydrogens is 322 g/mol. The number of amides is 2. The van der Waals surface area contributed by atoms with Crippen LogP contribution in [0.1, 0.15) is 5.56 Å². The number of methoxy groups -OCH3 is 1. The van der Waals surface area contributed by atoms with Gasteiger partial charge in [0.1, 0.15) is 12.6 Å². The molecule has 0 spiro atoms. The molecule has 2 aromatic carbocycles. The summed E-state index contributed by atoms with van der Waals surface area (Å²) in [4.78, 5) is 35.2. The van der Waals surface area contributed by atoms with Crippen molar-refractivity contribution in [1.29, 1.82) is 5.26 Å². The number of nitriles is 1. The molecule has 25 heavy (non-hydrogen) atoms. The maximum Gasteiger partial charge on any atom is 0.396 e. The van der Waals surface area contributed by atoms with E-state index < -0.39 is 23.8 Å². The Morgan fingerprint density at radius 2 is 1.88 bits per heavy atom. The number of hydrogen-bond acceptors (Lipinski definition) is 5. The van der Waals surface area contributed by atoms with Crippen molar-refractivity contribution in [3.05, 3.63) is 48.0 Å². The van der Waals surface area contributed by atoms with E-state index in [-0.39, 0.29) is 13.0 Å². The second kappa shape index (κ2) is 8.45. The molecule has 7 nitrogen and oxygen atoms in total. The Kier molecular flexibility index (Phi) is 6.07. The number of fused-ring (bicyclic) bond motifs is 1. The van der Waals surface area contributed by atoms with Gasteiger partial charge in [-0.1, -0.05) is 42.5 Å². The number of carbonyl (C=O) groups excluding carboxylic acids is 3. The molecule has 2 amide bonds. The molecule has 0 heterocycles. The smallest absolute Gasteiger partial charge is 0.396 e. The zero-order valence-electron chi connectivity index (χ0n) is 13.6. The minimum atomic E-state index is -1.09. The van der Waals surface area contributed by atoms with Crippen LogP contribution in [0.25, 0.3) is 10.8 Å². The van der Waals surface area contributed by atoms with Crippen LogP contribution in [0.2, 0.25) is 0 Å². The molecule has 0 saturated carbocycles. The molecule has 0 fully saturated rings. The quantitative estimate of drug-likeness (QED) is 0.473. The number of nitrogens with zero attached hydrogens (tertiary/aromatic N) is 1. The minimum absolute atomic E-state index is 0.171. The fraction of sp³-hybridized carbons (Fsp3) is 0.222. The number of benzene rings is 2. The van der Waals surface area contributed by atoms with E-state index >= 15 is 0 Å². The molecule has 0 unspecified atom stereocenters. The number of ether oxygens (including phenoxy) is 1. The highest BCUT2D eigenvalue weighted by molar-refractivity contribution is 6.32. The minimum Gasteiger partial charge on any atom is -0.462 e. The predicted octanol–water partition coefficient (Wildman–Crippen LogP) is 0.680. The lowest BCUT2D eigenvalue weighted by molar-refractivity contribution is -0.153. The third kappa shape index (κ3) is 4.78. The number of rotatable bonds is 5. The van der Waals surface area contributed by atoms with Crippen LogP contribution in [-0.2, 0) is 25.5 Å². The summed E-state index contributed by atoms with van der Waals surface area (Å²) in [5.41, 5.74) is 0.806. The lowest BCUT2D eigenvalue weighted by Crippen LogP contribution is -2.50. The number of hydrogen-bond donors (Lipinski definition) is 2. The van der Waals surface area contributed by atoms with Crippen molar-refractivity contribution in [3.63, 3.8) is 0 Å². The van der Waals surface area contributed by atoms with Crippen LogP contribution in [-0.4, -0.2) is 37.5 Å². The first-order chi connectivity index (χ1) is 12.0. The highest BCUT2D eigenvalue weighted by Crippen LogP contribution is 2.16. The molecule has 2 aromatic rings. The van der Waals surface area contributed by atoms with E-state index in [1.165, 1.54) is 0 Å². The lowest BCUT2D eigenvalue weighted by Gasteiger charge is -2.17. The van der Waals surface area contributed by atoms with E-state index in [1.807, 2.05) is 42.5 Å². The van der Waals surface area contributed by atoms with Crippen molar-refractivity contribution in [3.8, 4) is 6.07 Å². The third-order valence-corrected chi connectivity index (χ3v) is 3.59. The Labute approximate surface area is 144 Å². The Hall–Kier alpha value is -3.40. The molecule has 7 heteroatoms. The van der Waals surface area contributed by atoms with Gasteiger partial charge in [0, 0.05) is 6.42 Å². The Bertz CT molecular complexity index is 842. The maximum atomic E-state index is 12.2. The van der Waals surface area contributed by atoms with Gasteiger partial charge in [-0.2, -0.15) is 5.26 Å². The Balaban J connectivity index is 2.20. The molecule has 0 aliphatic carbocycles. The van der Waals surface area contributed by atoms with E-state index in [2.05, 4.69) is 15.4 Å². The SMILES string of the molecule is COC(=O)C(=O)N[C@@H](Cc1ccc2ccccc2c1)C(=O)NCC#N. The summed E-state index contributed by atoms with van der Waals surface area (Å²) in [6.07, 6.45) is 0.171. The number of esters is 1. The first-order valence-corrected chi connectivity index (χ1v) is 7.56. The summed E-state index contributed by atoms with van der Waals surface area (Å²) >= 11 is 0. The number of nitrogens with one attached hydrogen (secondary N) is 2. The van der Waals surface area contributed by atoms with E-state index in [0.717, 1.165) is 23.4 Å². The van der Waals surface area contributed by atoms with Gasteiger partial charge in [-0.05, 0) is 16.3 Å². The first kappa shape index (κ1) is 17.9. The van der Waals surface area contributed by atoms with E-state index in [9.17, 15) is 14.4 Å². The topological polar surface area (TPSA) is 108 Å². The van der Waals surface area contributed by atoms with Gasteiger partial charge in [0.25, 0.3) is 0 Å². The lowest BCUT2D eigenvalue weighted by atomic mass is 10.0. The van der Waals surface area contributed by atoms with Crippen LogP contribution in [0.5, 0.6) is 0 Å². The van der Waals surface area contributed by atoms with Gasteiger partial charge in [0.15, 0.2) is 0 Å². The summed E-state index contributed by atoms with van der Waals surface area (Å²) in [5.74, 6) is -2.65. The molecule has 0 bridgehead atoms. The monoisotopic (exact) mass is 339 g/mol. The van der Waals surface area contributed by atoms with Gasteiger partial charge in [-0.25, -0.2) is 4.79 Å². The van der Waals surface area contributed by atoms with Crippen molar-refractivity contribution in [2.75, 3.05) is 13.7 Å². The summed E-state index contributed by atoms with van der Waals surface area (Å²) in [6, 6.07) is 14.2. The van der Waals surface area contributed by atoms with Crippen LogP contribution >= 0.6 is 0 Å². The van der Waals surface area contributed by atoms with Crippen LogP contribution < -0.4 is 10.6 Å². The second-order valence-electron chi connectivity index (χ2n) is 5.28. The molecule has 2 rings (SSSR count). The third-order valence-electron chi connectivity index (χ3n) is 3.59. The summed E-state index contributed by atoms with van der Waals surface area (Å²) in [6.45, 7) is -0.193. The van der Waals surface area contributed by atoms with Crippen LogP contribution in [0, 0.1) is 11.3 Å². The highest BCUT2D eigenvalue weighted by atomic mass is 16.5. The molecule has 2 N–H and O–H groups in total. The molecule has 0 radical (unpaired) electrons. The molecular formula is C18H17N3O4. The Morgan fingerprint density at radius 3 is 2.56 bits per heavy atom. The second-order valence-corrected chi connectivity index (χ2v) is 5.28. The van der Waals surface area contributed by atoms with Gasteiger partial charge in [-0.15, -0.1) is 0 Å². The molecule has 0 aromatic heterocycles. The van der Waals surface area contributed by atoms with Crippen LogP contribution in [0.4, 0.5) is 0 Å². The fourth-order valence-corrected chi connectivity index (χ4v) is 2.37. The predicted molar refractivity (Wildman–Crippen MR) is 90.2 cm³/mol. The molecule has 0 saturated heterocycles. The van der Waals surface area contributed by atoms with E-state index in [0.29, 0.717) is 0 Å². The van der Waals surface area contributed by atoms with Gasteiger partial charge in [0.05, 0.1) is 13.2 Å². The van der Waals surface area contributed by atoms with Crippen LogP contribution in [0.15, 0.2) is 42.5 Å². The van der Waals surface area contributed by atoms with Crippen molar-refractivity contribution >= 4 is 28.6 Å². The average molecular weight is 339 g/mol. The van der Waals surface area contributed by atoms with Gasteiger partial charge in [-0.3, -0.25) is 9.59 Å². The Morgan fingerprint density at radius 1 is 1.16 bits per heavy atom. The van der Waals surface area contributed by atoms with Crippen LogP contribution in [0.3, 0.4) is 0 Å². The zero-order chi connectivity index (χ0) is 18.2. The first-order valence-electron chi connectivity index (χ1n) is 7.56. The van der Waals surface area contributed by atoms with Crippen molar-refractivity contribution in [2.45, 2.75) is 12.5 Å². The van der Waals surface area contributed by atoms with E-state index in [4.69, 9.17) is 5.26 Å². The van der Waals surface area contributed by atoms with Crippen molar-refractivity contribution in [2.24, 2.45) is 0 Å². The average Bonchev–Trinajstić information content (AvgIpc) is 2.64. The molecule has 128 valence electrons. The summed E-state index contributed by atoms with van der Waals surface area (Å²) < 4.78 is 4.35.